The van der Waals surface area contributed by atoms with Gasteiger partial charge in [0.25, 0.3) is 0 Å². The van der Waals surface area contributed by atoms with Crippen LogP contribution in [0.15, 0.2) is 60.7 Å². The fraction of sp³-hybridized carbons (Fsp3) is 0.500. The summed E-state index contributed by atoms with van der Waals surface area (Å²) in [6.07, 6.45) is 1.46. The number of unbranched alkanes of at least 4 members (excludes halogenated alkanes) is 1. The first kappa shape index (κ1) is 38.8. The summed E-state index contributed by atoms with van der Waals surface area (Å²) in [4.78, 5) is 38.7. The summed E-state index contributed by atoms with van der Waals surface area (Å²) in [6, 6.07) is 15.6. The van der Waals surface area contributed by atoms with Gasteiger partial charge in [0.15, 0.2) is 0 Å². The van der Waals surface area contributed by atoms with Gasteiger partial charge in [0.2, 0.25) is 37.8 Å². The lowest BCUT2D eigenvalue weighted by Gasteiger charge is -2.29. The highest BCUT2D eigenvalue weighted by Gasteiger charge is 2.31. The van der Waals surface area contributed by atoms with Crippen molar-refractivity contribution in [1.29, 1.82) is 0 Å². The number of amides is 3. The first-order valence-electron chi connectivity index (χ1n) is 15.1. The minimum absolute atomic E-state index is 0.0338. The van der Waals surface area contributed by atoms with Gasteiger partial charge in [0.1, 0.15) is 6.04 Å². The summed E-state index contributed by atoms with van der Waals surface area (Å²) in [6.45, 7) is 0.497. The molecule has 2 rings (SSSR count). The summed E-state index contributed by atoms with van der Waals surface area (Å²) in [7, 11) is -7.84. The smallest absolute Gasteiger partial charge is 0.242 e. The van der Waals surface area contributed by atoms with Crippen LogP contribution in [-0.4, -0.2) is 100 Å². The summed E-state index contributed by atoms with van der Waals surface area (Å²) < 4.78 is 54.0. The van der Waals surface area contributed by atoms with Crippen molar-refractivity contribution in [3.8, 4) is 0 Å². The van der Waals surface area contributed by atoms with E-state index in [2.05, 4.69) is 10.6 Å². The highest BCUT2D eigenvalue weighted by atomic mass is 32.2. The molecule has 0 unspecified atom stereocenters. The summed E-state index contributed by atoms with van der Waals surface area (Å²) >= 11 is 0. The van der Waals surface area contributed by atoms with Gasteiger partial charge in [-0.25, -0.2) is 16.8 Å². The number of sulfonamides is 2. The first-order valence-corrected chi connectivity index (χ1v) is 18.3. The lowest BCUT2D eigenvalue weighted by Crippen LogP contribution is -2.55. The van der Waals surface area contributed by atoms with E-state index < -0.39 is 62.9 Å². The van der Waals surface area contributed by atoms with Crippen LogP contribution < -0.4 is 27.8 Å². The maximum Gasteiger partial charge on any atom is 0.242 e. The molecule has 16 heteroatoms. The second-order valence-electron chi connectivity index (χ2n) is 10.8. The van der Waals surface area contributed by atoms with E-state index >= 15 is 0 Å². The number of nitrogens with zero attached hydrogens (tertiary/aromatic N) is 2. The maximum atomic E-state index is 13.7. The van der Waals surface area contributed by atoms with E-state index in [0.717, 1.165) is 14.2 Å². The summed E-state index contributed by atoms with van der Waals surface area (Å²) in [5.74, 6) is -2.86. The highest BCUT2D eigenvalue weighted by molar-refractivity contribution is 7.89. The largest absolute Gasteiger partial charge is 0.369 e. The van der Waals surface area contributed by atoms with Gasteiger partial charge in [-0.2, -0.15) is 8.61 Å². The molecule has 0 bridgehead atoms. The minimum atomic E-state index is -4.06. The topological polar surface area (TPSA) is 228 Å². The summed E-state index contributed by atoms with van der Waals surface area (Å²) in [5.41, 5.74) is 17.8. The number of primary amides is 1. The Bertz CT molecular complexity index is 1460. The van der Waals surface area contributed by atoms with Crippen LogP contribution in [0.5, 0.6) is 0 Å². The van der Waals surface area contributed by atoms with Crippen LogP contribution >= 0.6 is 0 Å². The number of benzene rings is 2. The second kappa shape index (κ2) is 19.3. The molecule has 0 aliphatic carbocycles. The van der Waals surface area contributed by atoms with E-state index in [4.69, 9.17) is 17.2 Å². The van der Waals surface area contributed by atoms with E-state index in [0.29, 0.717) is 24.9 Å². The number of carbonyl (C=O) groups excluding carboxylic acids is 3. The zero-order chi connectivity index (χ0) is 34.2. The quantitative estimate of drug-likeness (QED) is 0.0984. The third kappa shape index (κ3) is 13.5. The molecule has 0 aliphatic heterocycles. The zero-order valence-electron chi connectivity index (χ0n) is 26.2. The van der Waals surface area contributed by atoms with Crippen molar-refractivity contribution in [2.24, 2.45) is 17.2 Å². The first-order chi connectivity index (χ1) is 21.8. The van der Waals surface area contributed by atoms with E-state index in [-0.39, 0.29) is 44.0 Å². The zero-order valence-corrected chi connectivity index (χ0v) is 27.8. The Kier molecular flexibility index (Phi) is 16.3. The number of hydrogen-bond acceptors (Lipinski definition) is 9. The molecule has 0 aromatic heterocycles. The van der Waals surface area contributed by atoms with Gasteiger partial charge in [0.05, 0.1) is 24.6 Å². The molecule has 256 valence electrons. The number of carbonyl (C=O) groups is 3. The molecule has 0 heterocycles. The summed E-state index contributed by atoms with van der Waals surface area (Å²) in [5, 5.41) is 5.50. The van der Waals surface area contributed by atoms with Crippen LogP contribution in [0.2, 0.25) is 0 Å². The molecular weight excluding hydrogens is 635 g/mol. The standard InChI is InChI=1S/C30H47N7O7S2/c1-2-36(45(41,42)18-17-32)22-29(39)35-27(15-9-10-16-31)30(40)34-26(19-24-11-5-3-6-12-24)20-37(21-28(33)38)46(43,44)23-25-13-7-4-8-14-25/h3-8,11-14,26-27H,2,9-10,15-23,31-32H2,1H3,(H2,33,38)(H,34,40)(H,35,39)/t26-,27-/m0/s1. The number of rotatable bonds is 22. The molecule has 2 aromatic rings. The molecule has 14 nitrogen and oxygen atoms in total. The number of nitrogens with two attached hydrogens (primary N) is 3. The predicted octanol–water partition coefficient (Wildman–Crippen LogP) is -0.745. The van der Waals surface area contributed by atoms with Gasteiger partial charge in [-0.05, 0) is 43.4 Å². The fourth-order valence-corrected chi connectivity index (χ4v) is 7.57. The Labute approximate surface area is 272 Å². The molecule has 0 radical (unpaired) electrons. The molecule has 0 saturated heterocycles. The Hall–Kier alpha value is -3.41. The Morgan fingerprint density at radius 2 is 1.39 bits per heavy atom. The molecule has 46 heavy (non-hydrogen) atoms. The van der Waals surface area contributed by atoms with Crippen molar-refractivity contribution in [2.45, 2.75) is 50.4 Å². The van der Waals surface area contributed by atoms with Crippen LogP contribution in [-0.2, 0) is 46.6 Å². The van der Waals surface area contributed by atoms with Gasteiger partial charge < -0.3 is 27.8 Å². The Balaban J connectivity index is 2.34. The van der Waals surface area contributed by atoms with Crippen LogP contribution in [0.1, 0.15) is 37.3 Å². The van der Waals surface area contributed by atoms with E-state index in [9.17, 15) is 31.2 Å². The SMILES string of the molecule is CCN(CC(=O)N[C@@H](CCCCN)C(=O)N[C@@H](Cc1ccccc1)CN(CC(N)=O)S(=O)(=O)Cc1ccccc1)S(=O)(=O)CCN. The van der Waals surface area contributed by atoms with Gasteiger partial charge in [-0.3, -0.25) is 14.4 Å². The van der Waals surface area contributed by atoms with E-state index in [1.54, 1.807) is 49.4 Å². The third-order valence-corrected chi connectivity index (χ3v) is 10.7. The van der Waals surface area contributed by atoms with Crippen molar-refractivity contribution < 1.29 is 31.2 Å². The maximum absolute atomic E-state index is 13.7. The van der Waals surface area contributed by atoms with Crippen molar-refractivity contribution in [3.05, 3.63) is 71.8 Å². The predicted molar refractivity (Wildman–Crippen MR) is 177 cm³/mol. The van der Waals surface area contributed by atoms with Gasteiger partial charge in [-0.15, -0.1) is 0 Å². The van der Waals surface area contributed by atoms with Gasteiger partial charge in [0, 0.05) is 25.7 Å². The van der Waals surface area contributed by atoms with Gasteiger partial charge in [-0.1, -0.05) is 67.6 Å². The Morgan fingerprint density at radius 3 is 1.93 bits per heavy atom. The van der Waals surface area contributed by atoms with Crippen molar-refractivity contribution in [2.75, 3.05) is 45.0 Å². The molecule has 0 aliphatic rings. The van der Waals surface area contributed by atoms with Crippen molar-refractivity contribution in [1.82, 2.24) is 19.2 Å². The van der Waals surface area contributed by atoms with E-state index in [1.165, 1.54) is 0 Å². The van der Waals surface area contributed by atoms with Gasteiger partial charge >= 0.3 is 0 Å². The lowest BCUT2D eigenvalue weighted by molar-refractivity contribution is -0.129. The van der Waals surface area contributed by atoms with Crippen LogP contribution in [0.25, 0.3) is 0 Å². The third-order valence-electron chi connectivity index (χ3n) is 7.05. The Morgan fingerprint density at radius 1 is 0.783 bits per heavy atom. The normalized spacial score (nSPS) is 13.3. The molecule has 0 fully saturated rings. The second-order valence-corrected chi connectivity index (χ2v) is 14.9. The van der Waals surface area contributed by atoms with Crippen molar-refractivity contribution in [3.63, 3.8) is 0 Å². The highest BCUT2D eigenvalue weighted by Crippen LogP contribution is 2.14. The molecule has 2 aromatic carbocycles. The average Bonchev–Trinajstić information content (AvgIpc) is 2.99. The lowest BCUT2D eigenvalue weighted by atomic mass is 10.0. The molecular formula is C30H47N7O7S2. The average molecular weight is 682 g/mol. The van der Waals surface area contributed by atoms with E-state index in [1.807, 2.05) is 18.2 Å². The monoisotopic (exact) mass is 681 g/mol. The van der Waals surface area contributed by atoms with Crippen LogP contribution in [0.4, 0.5) is 0 Å². The minimum Gasteiger partial charge on any atom is -0.369 e. The van der Waals surface area contributed by atoms with Crippen LogP contribution in [0.3, 0.4) is 0 Å². The molecule has 8 N–H and O–H groups in total. The molecule has 3 amide bonds. The molecule has 2 atom stereocenters. The fourth-order valence-electron chi connectivity index (χ4n) is 4.78. The molecule has 0 spiro atoms. The number of likely N-dealkylation sites (N-methyl/N-ethyl adjacent to an activating group) is 1. The van der Waals surface area contributed by atoms with Crippen molar-refractivity contribution >= 4 is 37.8 Å². The molecule has 0 saturated carbocycles. The number of hydrogen-bond donors (Lipinski definition) is 5. The van der Waals surface area contributed by atoms with Crippen LogP contribution in [0, 0.1) is 0 Å². The number of nitrogens with one attached hydrogen (secondary N) is 2.